The predicted molar refractivity (Wildman–Crippen MR) is 124 cm³/mol. The van der Waals surface area contributed by atoms with Crippen LogP contribution in [0.3, 0.4) is 0 Å². The summed E-state index contributed by atoms with van der Waals surface area (Å²) in [6.07, 6.45) is -4.02. The lowest BCUT2D eigenvalue weighted by molar-refractivity contribution is -0.339. The molecule has 0 radical (unpaired) electrons. The summed E-state index contributed by atoms with van der Waals surface area (Å²) < 4.78 is 39.1. The molecule has 8 unspecified atom stereocenters. The number of rotatable bonds is 16. The van der Waals surface area contributed by atoms with Crippen molar-refractivity contribution in [3.05, 3.63) is 23.8 Å². The van der Waals surface area contributed by atoms with Crippen molar-refractivity contribution in [3.63, 3.8) is 0 Å². The van der Waals surface area contributed by atoms with Gasteiger partial charge in [-0.25, -0.2) is 0 Å². The summed E-state index contributed by atoms with van der Waals surface area (Å²) in [5.74, 6) is 0. The fourth-order valence-electron chi connectivity index (χ4n) is 3.31. The van der Waals surface area contributed by atoms with Gasteiger partial charge in [0.25, 0.3) is 0 Å². The third-order valence-corrected chi connectivity index (χ3v) is 4.40. The van der Waals surface area contributed by atoms with Gasteiger partial charge in [0.15, 0.2) is 44.0 Å². The van der Waals surface area contributed by atoms with Crippen molar-refractivity contribution in [2.24, 2.45) is 0 Å². The van der Waals surface area contributed by atoms with E-state index < -0.39 is 44.0 Å². The summed E-state index contributed by atoms with van der Waals surface area (Å²) in [5.41, 5.74) is 14.1. The molecule has 33 heavy (non-hydrogen) atoms. The normalized spacial score (nSPS) is 19.3. The van der Waals surface area contributed by atoms with E-state index in [0.717, 1.165) is 5.56 Å². The highest BCUT2D eigenvalue weighted by Crippen LogP contribution is 2.19. The van der Waals surface area contributed by atoms with Crippen molar-refractivity contribution in [1.29, 1.82) is 0 Å². The Morgan fingerprint density at radius 2 is 1.03 bits per heavy atom. The van der Waals surface area contributed by atoms with Crippen LogP contribution in [-0.2, 0) is 39.6 Å². The summed E-state index contributed by atoms with van der Waals surface area (Å²) in [5, 5.41) is 9.20. The fraction of sp³-hybridized carbons (Fsp3) is 0.739. The lowest BCUT2D eigenvalue weighted by Gasteiger charge is -2.28. The molecule has 1 aromatic carbocycles. The van der Waals surface area contributed by atoms with E-state index >= 15 is 0 Å². The molecule has 8 atom stereocenters. The van der Waals surface area contributed by atoms with Gasteiger partial charge in [-0.2, -0.15) is 0 Å². The largest absolute Gasteiger partial charge is 0.399 e. The second-order valence-electron chi connectivity index (χ2n) is 7.93. The lowest BCUT2D eigenvalue weighted by Crippen LogP contribution is -2.33. The van der Waals surface area contributed by atoms with Gasteiger partial charge in [-0.05, 0) is 79.2 Å². The van der Waals surface area contributed by atoms with Crippen LogP contribution >= 0.6 is 0 Å². The molecule has 192 valence electrons. The maximum atomic E-state index is 9.20. The molecule has 0 saturated heterocycles. The topological polar surface area (TPSA) is 137 Å². The highest BCUT2D eigenvalue weighted by atomic mass is 16.8. The van der Waals surface area contributed by atoms with Crippen LogP contribution in [0.2, 0.25) is 0 Å². The highest BCUT2D eigenvalue weighted by Gasteiger charge is 2.20. The van der Waals surface area contributed by atoms with E-state index in [0.29, 0.717) is 17.8 Å². The molecule has 0 aliphatic heterocycles. The number of nitrogen functional groups attached to an aromatic ring is 2. The second-order valence-corrected chi connectivity index (χ2v) is 7.93. The molecule has 0 fully saturated rings. The molecule has 0 aliphatic carbocycles. The number of nitrogens with two attached hydrogens (primary N) is 2. The number of ether oxygens (including phenoxy) is 7. The highest BCUT2D eigenvalue weighted by molar-refractivity contribution is 5.55. The summed E-state index contributed by atoms with van der Waals surface area (Å²) in [4.78, 5) is 0. The van der Waals surface area contributed by atoms with Crippen molar-refractivity contribution in [2.75, 3.05) is 11.5 Å². The van der Waals surface area contributed by atoms with Gasteiger partial charge in [0, 0.05) is 17.8 Å². The molecule has 0 bridgehead atoms. The van der Waals surface area contributed by atoms with Crippen LogP contribution in [0.4, 0.5) is 11.4 Å². The average Bonchev–Trinajstić information content (AvgIpc) is 2.62. The predicted octanol–water partition coefficient (Wildman–Crippen LogP) is 3.31. The molecule has 1 rings (SSSR count). The molecule has 10 nitrogen and oxygen atoms in total. The molecular weight excluding hydrogens is 432 g/mol. The van der Waals surface area contributed by atoms with E-state index in [9.17, 15) is 5.11 Å². The zero-order valence-corrected chi connectivity index (χ0v) is 21.0. The van der Waals surface area contributed by atoms with Gasteiger partial charge in [-0.15, -0.1) is 0 Å². The molecule has 0 amide bonds. The number of hydrogen-bond acceptors (Lipinski definition) is 10. The molecule has 0 aliphatic rings. The van der Waals surface area contributed by atoms with E-state index in [1.54, 1.807) is 53.7 Å². The Hall–Kier alpha value is -1.50. The number of hydrogen-bond donors (Lipinski definition) is 3. The van der Waals surface area contributed by atoms with Crippen molar-refractivity contribution in [3.8, 4) is 0 Å². The first-order valence-electron chi connectivity index (χ1n) is 11.3. The smallest absolute Gasteiger partial charge is 0.161 e. The van der Waals surface area contributed by atoms with Gasteiger partial charge in [0.2, 0.25) is 0 Å². The third kappa shape index (κ3) is 13.1. The molecule has 0 aromatic heterocycles. The number of aliphatic hydroxyl groups excluding tert-OH is 1. The van der Waals surface area contributed by atoms with Crippen molar-refractivity contribution in [1.82, 2.24) is 0 Å². The molecule has 0 spiro atoms. The minimum atomic E-state index is -0.930. The van der Waals surface area contributed by atoms with Crippen molar-refractivity contribution in [2.45, 2.75) is 112 Å². The van der Waals surface area contributed by atoms with Crippen LogP contribution in [0, 0.1) is 0 Å². The van der Waals surface area contributed by atoms with Gasteiger partial charge >= 0.3 is 0 Å². The van der Waals surface area contributed by atoms with E-state index in [1.165, 1.54) is 6.92 Å². The van der Waals surface area contributed by atoms with Gasteiger partial charge < -0.3 is 49.7 Å². The first-order valence-corrected chi connectivity index (χ1v) is 11.3. The Labute approximate surface area is 197 Å². The fourth-order valence-corrected chi connectivity index (χ4v) is 3.31. The summed E-state index contributed by atoms with van der Waals surface area (Å²) in [6, 6.07) is 5.40. The Morgan fingerprint density at radius 3 is 1.45 bits per heavy atom. The van der Waals surface area contributed by atoms with Crippen LogP contribution in [0.25, 0.3) is 0 Å². The average molecular weight is 475 g/mol. The number of anilines is 2. The van der Waals surface area contributed by atoms with Crippen LogP contribution < -0.4 is 11.5 Å². The quantitative estimate of drug-likeness (QED) is 0.242. The van der Waals surface area contributed by atoms with Crippen LogP contribution in [-0.4, -0.2) is 55.2 Å². The SMILES string of the molecule is CC(O)OC(C)OC(C)OC(C)OC(C)OC(C)OC(C)OC(C)Cc1cc(N)ccc1N. The number of aliphatic hydroxyl groups is 1. The third-order valence-electron chi connectivity index (χ3n) is 4.40. The lowest BCUT2D eigenvalue weighted by atomic mass is 10.1. The first kappa shape index (κ1) is 29.5. The van der Waals surface area contributed by atoms with Crippen molar-refractivity contribution >= 4 is 11.4 Å². The van der Waals surface area contributed by atoms with Crippen LogP contribution in [0.5, 0.6) is 0 Å². The van der Waals surface area contributed by atoms with E-state index in [-0.39, 0.29) is 6.10 Å². The van der Waals surface area contributed by atoms with E-state index in [2.05, 4.69) is 0 Å². The molecule has 0 saturated carbocycles. The summed E-state index contributed by atoms with van der Waals surface area (Å²) in [7, 11) is 0. The van der Waals surface area contributed by atoms with Crippen LogP contribution in [0.15, 0.2) is 18.2 Å². The Morgan fingerprint density at radius 1 is 0.636 bits per heavy atom. The maximum Gasteiger partial charge on any atom is 0.161 e. The van der Waals surface area contributed by atoms with Gasteiger partial charge in [-0.3, -0.25) is 0 Å². The van der Waals surface area contributed by atoms with Gasteiger partial charge in [0.05, 0.1) is 6.10 Å². The monoisotopic (exact) mass is 474 g/mol. The summed E-state index contributed by atoms with van der Waals surface area (Å²) in [6.45, 7) is 13.8. The summed E-state index contributed by atoms with van der Waals surface area (Å²) >= 11 is 0. The standard InChI is InChI=1S/C23H42N2O8/c1-13(11-21-12-22(24)9-10-23(21)25)27-15(3)29-17(5)31-19(7)33-20(8)32-18(6)30-16(4)28-14(2)26/h9-10,12-20,26H,11,24-25H2,1-8H3. The molecule has 10 heteroatoms. The molecule has 5 N–H and O–H groups in total. The maximum absolute atomic E-state index is 9.20. The minimum absolute atomic E-state index is 0.139. The molecule has 0 heterocycles. The van der Waals surface area contributed by atoms with Crippen LogP contribution in [0.1, 0.15) is 61.0 Å². The second kappa shape index (κ2) is 14.7. The Balaban J connectivity index is 2.34. The first-order chi connectivity index (χ1) is 15.3. The zero-order chi connectivity index (χ0) is 25.1. The zero-order valence-electron chi connectivity index (χ0n) is 21.0. The Kier molecular flexibility index (Phi) is 13.2. The van der Waals surface area contributed by atoms with Gasteiger partial charge in [0.1, 0.15) is 0 Å². The number of benzene rings is 1. The Bertz CT molecular complexity index is 678. The minimum Gasteiger partial charge on any atom is -0.399 e. The molecular formula is C23H42N2O8. The van der Waals surface area contributed by atoms with E-state index in [1.807, 2.05) is 13.0 Å². The van der Waals surface area contributed by atoms with E-state index in [4.69, 9.17) is 44.6 Å². The van der Waals surface area contributed by atoms with Gasteiger partial charge in [-0.1, -0.05) is 0 Å². The van der Waals surface area contributed by atoms with Crippen molar-refractivity contribution < 1.29 is 38.3 Å². The molecule has 1 aromatic rings.